The van der Waals surface area contributed by atoms with Gasteiger partial charge in [0.15, 0.2) is 5.82 Å². The number of aromatic nitrogens is 5. The Morgan fingerprint density at radius 2 is 2.03 bits per heavy atom. The Hall–Kier alpha value is -4.03. The lowest BCUT2D eigenvalue weighted by Crippen LogP contribution is -2.28. The van der Waals surface area contributed by atoms with E-state index < -0.39 is 6.43 Å². The highest BCUT2D eigenvalue weighted by Gasteiger charge is 2.17. The summed E-state index contributed by atoms with van der Waals surface area (Å²) in [5, 5.41) is 19.0. The molecule has 0 aliphatic rings. The zero-order chi connectivity index (χ0) is 23.9. The number of aliphatic hydroxyl groups is 1. The molecule has 0 aliphatic carbocycles. The number of carbonyl (C=O) groups excluding carboxylic acids is 1. The Kier molecular flexibility index (Phi) is 7.30. The summed E-state index contributed by atoms with van der Waals surface area (Å²) in [7, 11) is 0. The average molecular weight is 469 g/mol. The minimum atomic E-state index is -2.72. The topological polar surface area (TPSA) is 127 Å². The van der Waals surface area contributed by atoms with Gasteiger partial charge in [0.25, 0.3) is 12.3 Å². The number of hydrogen-bond acceptors (Lipinski definition) is 8. The molecule has 10 nitrogen and oxygen atoms in total. The summed E-state index contributed by atoms with van der Waals surface area (Å²) in [4.78, 5) is 25.2. The Morgan fingerprint density at radius 3 is 2.85 bits per heavy atom. The number of carbonyl (C=O) groups is 1. The van der Waals surface area contributed by atoms with Gasteiger partial charge in [0.05, 0.1) is 31.1 Å². The van der Waals surface area contributed by atoms with Gasteiger partial charge in [0, 0.05) is 25.1 Å². The Labute approximate surface area is 192 Å². The van der Waals surface area contributed by atoms with E-state index in [0.717, 1.165) is 0 Å². The van der Waals surface area contributed by atoms with Crippen LogP contribution in [0.4, 0.5) is 20.3 Å². The van der Waals surface area contributed by atoms with E-state index >= 15 is 0 Å². The number of anilines is 2. The van der Waals surface area contributed by atoms with Gasteiger partial charge in [-0.1, -0.05) is 6.07 Å². The van der Waals surface area contributed by atoms with Crippen LogP contribution in [0, 0.1) is 0 Å². The average Bonchev–Trinajstić information content (AvgIpc) is 3.33. The predicted molar refractivity (Wildman–Crippen MR) is 119 cm³/mol. The highest BCUT2D eigenvalue weighted by molar-refractivity contribution is 6.00. The zero-order valence-electron chi connectivity index (χ0n) is 17.9. The molecule has 176 valence electrons. The van der Waals surface area contributed by atoms with Crippen LogP contribution < -0.4 is 10.6 Å². The lowest BCUT2D eigenvalue weighted by atomic mass is 10.2. The molecule has 1 amide bonds. The molecule has 34 heavy (non-hydrogen) atoms. The predicted octanol–water partition coefficient (Wildman–Crippen LogP) is 2.61. The van der Waals surface area contributed by atoms with E-state index in [1.165, 1.54) is 24.5 Å². The Morgan fingerprint density at radius 1 is 1.15 bits per heavy atom. The van der Waals surface area contributed by atoms with Gasteiger partial charge in [-0.05, 0) is 30.3 Å². The number of fused-ring (bicyclic) bond motifs is 1. The number of aliphatic hydroxyl groups excluding tert-OH is 1. The van der Waals surface area contributed by atoms with Crippen molar-refractivity contribution in [3.63, 3.8) is 0 Å². The normalized spacial score (nSPS) is 11.2. The van der Waals surface area contributed by atoms with Crippen molar-refractivity contribution in [2.24, 2.45) is 0 Å². The molecule has 4 aromatic heterocycles. The number of nitrogens with one attached hydrogen (secondary N) is 2. The number of nitrogens with zero attached hydrogens (tertiary/aromatic N) is 5. The van der Waals surface area contributed by atoms with Crippen LogP contribution >= 0.6 is 0 Å². The lowest BCUT2D eigenvalue weighted by Gasteiger charge is -2.13. The molecule has 0 atom stereocenters. The van der Waals surface area contributed by atoms with Gasteiger partial charge in [-0.25, -0.2) is 23.3 Å². The van der Waals surface area contributed by atoms with Crippen molar-refractivity contribution in [3.8, 4) is 11.5 Å². The summed E-state index contributed by atoms with van der Waals surface area (Å²) in [5.41, 5.74) is 1.12. The van der Waals surface area contributed by atoms with E-state index in [2.05, 4.69) is 30.7 Å². The van der Waals surface area contributed by atoms with Crippen LogP contribution in [0.5, 0.6) is 0 Å². The van der Waals surface area contributed by atoms with E-state index in [0.29, 0.717) is 17.0 Å². The highest BCUT2D eigenvalue weighted by atomic mass is 19.3. The maximum atomic E-state index is 13.1. The number of rotatable bonds is 10. The fourth-order valence-corrected chi connectivity index (χ4v) is 3.14. The summed E-state index contributed by atoms with van der Waals surface area (Å²) in [5.74, 6) is 0.107. The minimum Gasteiger partial charge on any atom is -0.394 e. The summed E-state index contributed by atoms with van der Waals surface area (Å²) >= 11 is 0. The molecule has 0 saturated carbocycles. The van der Waals surface area contributed by atoms with E-state index in [-0.39, 0.29) is 55.0 Å². The van der Waals surface area contributed by atoms with Crippen molar-refractivity contribution >= 4 is 22.9 Å². The van der Waals surface area contributed by atoms with E-state index in [4.69, 9.17) is 9.84 Å². The fraction of sp³-hybridized carbons (Fsp3) is 0.227. The molecule has 4 aromatic rings. The van der Waals surface area contributed by atoms with Crippen LogP contribution in [0.15, 0.2) is 55.0 Å². The van der Waals surface area contributed by atoms with Gasteiger partial charge in [0.2, 0.25) is 5.82 Å². The van der Waals surface area contributed by atoms with Gasteiger partial charge in [-0.3, -0.25) is 9.78 Å². The molecule has 4 heterocycles. The summed E-state index contributed by atoms with van der Waals surface area (Å²) in [6, 6.07) is 9.40. The third-order valence-electron chi connectivity index (χ3n) is 4.70. The first-order valence-electron chi connectivity index (χ1n) is 10.4. The first-order chi connectivity index (χ1) is 16.6. The van der Waals surface area contributed by atoms with Crippen LogP contribution in [-0.4, -0.2) is 61.9 Å². The van der Waals surface area contributed by atoms with Crippen LogP contribution in [0.3, 0.4) is 0 Å². The van der Waals surface area contributed by atoms with E-state index in [9.17, 15) is 13.6 Å². The molecule has 0 aliphatic heterocycles. The van der Waals surface area contributed by atoms with Crippen molar-refractivity contribution in [3.05, 3.63) is 66.2 Å². The number of pyridine rings is 2. The Bertz CT molecular complexity index is 1280. The summed E-state index contributed by atoms with van der Waals surface area (Å²) < 4.78 is 32.9. The van der Waals surface area contributed by atoms with Gasteiger partial charge >= 0.3 is 0 Å². The second-order valence-electron chi connectivity index (χ2n) is 7.01. The van der Waals surface area contributed by atoms with Crippen molar-refractivity contribution in [2.75, 3.05) is 31.7 Å². The van der Waals surface area contributed by atoms with Crippen molar-refractivity contribution in [1.29, 1.82) is 0 Å². The summed E-state index contributed by atoms with van der Waals surface area (Å²) in [6.07, 6.45) is 1.90. The third kappa shape index (κ3) is 5.30. The minimum absolute atomic E-state index is 0.0955. The Balaban J connectivity index is 1.63. The molecular weight excluding hydrogens is 448 g/mol. The first-order valence-corrected chi connectivity index (χ1v) is 10.4. The number of halogens is 2. The summed E-state index contributed by atoms with van der Waals surface area (Å²) in [6.45, 7) is 0.593. The quantitative estimate of drug-likeness (QED) is 0.303. The standard InChI is InChI=1S/C22H21F2N7O3/c23-19(24)16-3-1-4-17(27-16)20-29-21(18-5-2-9-31(18)30-20)28-15-6-7-25-13-14(15)22(33)26-8-11-34-12-10-32/h1-7,9,13,19,32H,8,10-12H2,(H,26,33)(H,25,28,29,30). The number of ether oxygens (including phenoxy) is 1. The number of hydrogen-bond donors (Lipinski definition) is 3. The second-order valence-corrected chi connectivity index (χ2v) is 7.01. The molecular formula is C22H21F2N7O3. The van der Waals surface area contributed by atoms with Gasteiger partial charge in [0.1, 0.15) is 16.9 Å². The van der Waals surface area contributed by atoms with Crippen molar-refractivity contribution < 1.29 is 23.4 Å². The van der Waals surface area contributed by atoms with Crippen LogP contribution in [0.1, 0.15) is 22.5 Å². The number of amides is 1. The molecule has 0 radical (unpaired) electrons. The van der Waals surface area contributed by atoms with Crippen LogP contribution in [0.25, 0.3) is 17.0 Å². The molecule has 0 unspecified atom stereocenters. The fourth-order valence-electron chi connectivity index (χ4n) is 3.14. The van der Waals surface area contributed by atoms with Crippen molar-refractivity contribution in [2.45, 2.75) is 6.43 Å². The van der Waals surface area contributed by atoms with Gasteiger partial charge in [-0.2, -0.15) is 0 Å². The van der Waals surface area contributed by atoms with Crippen LogP contribution in [-0.2, 0) is 4.74 Å². The molecule has 4 rings (SSSR count). The molecule has 0 spiro atoms. The highest BCUT2D eigenvalue weighted by Crippen LogP contribution is 2.26. The van der Waals surface area contributed by atoms with Crippen molar-refractivity contribution in [1.82, 2.24) is 29.9 Å². The maximum Gasteiger partial charge on any atom is 0.280 e. The molecule has 12 heteroatoms. The monoisotopic (exact) mass is 469 g/mol. The van der Waals surface area contributed by atoms with E-state index in [1.807, 2.05) is 0 Å². The maximum absolute atomic E-state index is 13.1. The molecule has 3 N–H and O–H groups in total. The molecule has 0 aromatic carbocycles. The smallest absolute Gasteiger partial charge is 0.280 e. The van der Waals surface area contributed by atoms with Crippen LogP contribution in [0.2, 0.25) is 0 Å². The van der Waals surface area contributed by atoms with E-state index in [1.54, 1.807) is 35.0 Å². The largest absolute Gasteiger partial charge is 0.394 e. The number of alkyl halides is 2. The molecule has 0 fully saturated rings. The van der Waals surface area contributed by atoms with Gasteiger partial charge in [-0.15, -0.1) is 5.10 Å². The zero-order valence-corrected chi connectivity index (χ0v) is 17.9. The third-order valence-corrected chi connectivity index (χ3v) is 4.70. The molecule has 0 bridgehead atoms. The molecule has 0 saturated heterocycles. The van der Waals surface area contributed by atoms with Gasteiger partial charge < -0.3 is 20.5 Å². The second kappa shape index (κ2) is 10.7. The first kappa shape index (κ1) is 23.1. The lowest BCUT2D eigenvalue weighted by molar-refractivity contribution is 0.0838. The SMILES string of the molecule is O=C(NCCOCCO)c1cnccc1Nc1nc(-c2cccc(C(F)F)n2)nn2cccc12.